The van der Waals surface area contributed by atoms with Crippen molar-refractivity contribution >= 4 is 29.3 Å². The number of aromatic carboxylic acids is 1. The van der Waals surface area contributed by atoms with Crippen molar-refractivity contribution in [2.45, 2.75) is 19.3 Å². The molecule has 0 radical (unpaired) electrons. The maximum Gasteiger partial charge on any atom is 0.339 e. The molecule has 0 spiro atoms. The highest BCUT2D eigenvalue weighted by Crippen LogP contribution is 2.49. The molecule has 3 rings (SSSR count). The maximum atomic E-state index is 11.3. The molecule has 1 aliphatic heterocycles. The summed E-state index contributed by atoms with van der Waals surface area (Å²) in [6.07, 6.45) is 1.77. The van der Waals surface area contributed by atoms with Crippen LogP contribution in [0, 0.1) is 0 Å². The summed E-state index contributed by atoms with van der Waals surface area (Å²) in [5, 5.41) is 29.7. The van der Waals surface area contributed by atoms with Crippen LogP contribution in [0.1, 0.15) is 35.3 Å². The fourth-order valence-corrected chi connectivity index (χ4v) is 3.62. The second-order valence-electron chi connectivity index (χ2n) is 6.74. The molecule has 0 unspecified atom stereocenters. The minimum Gasteiger partial charge on any atom is -0.506 e. The van der Waals surface area contributed by atoms with Gasteiger partial charge in [-0.25, -0.2) is 4.79 Å². The van der Waals surface area contributed by atoms with E-state index in [4.69, 9.17) is 11.6 Å². The molecule has 0 aromatic heterocycles. The van der Waals surface area contributed by atoms with Crippen LogP contribution in [0.3, 0.4) is 0 Å². The average molecular weight is 374 g/mol. The van der Waals surface area contributed by atoms with Gasteiger partial charge in [-0.1, -0.05) is 37.6 Å². The van der Waals surface area contributed by atoms with E-state index in [0.29, 0.717) is 17.1 Å². The first kappa shape index (κ1) is 18.3. The quantitative estimate of drug-likeness (QED) is 0.757. The third kappa shape index (κ3) is 2.93. The molecule has 26 heavy (non-hydrogen) atoms. The molecule has 0 atom stereocenters. The van der Waals surface area contributed by atoms with E-state index in [1.54, 1.807) is 24.3 Å². The van der Waals surface area contributed by atoms with Crippen molar-refractivity contribution in [3.8, 4) is 5.75 Å². The predicted octanol–water partition coefficient (Wildman–Crippen LogP) is 3.87. The summed E-state index contributed by atoms with van der Waals surface area (Å²) < 4.78 is 0. The number of hydrogen-bond donors (Lipinski definition) is 3. The number of phenols is 1. The number of aliphatic hydroxyl groups is 1. The number of halogens is 1. The van der Waals surface area contributed by atoms with E-state index in [0.717, 1.165) is 16.9 Å². The Balaban J connectivity index is 2.19. The number of carboxylic acid groups (broad SMARTS) is 1. The first-order valence-corrected chi connectivity index (χ1v) is 8.61. The molecule has 3 N–H and O–H groups in total. The number of hydrogen-bond acceptors (Lipinski definition) is 4. The van der Waals surface area contributed by atoms with E-state index in [2.05, 4.69) is 0 Å². The largest absolute Gasteiger partial charge is 0.506 e. The molecule has 2 aromatic rings. The molecular weight excluding hydrogens is 354 g/mol. The number of benzene rings is 2. The molecule has 6 heteroatoms. The first-order valence-electron chi connectivity index (χ1n) is 8.23. The van der Waals surface area contributed by atoms with E-state index >= 15 is 0 Å². The summed E-state index contributed by atoms with van der Waals surface area (Å²) in [4.78, 5) is 13.3. The number of nitrogens with zero attached hydrogens (tertiary/aromatic N) is 1. The molecule has 1 aliphatic rings. The van der Waals surface area contributed by atoms with Gasteiger partial charge in [0.1, 0.15) is 11.3 Å². The van der Waals surface area contributed by atoms with Crippen LogP contribution in [-0.4, -0.2) is 34.4 Å². The number of rotatable bonds is 4. The number of anilines is 1. The van der Waals surface area contributed by atoms with Crippen LogP contribution in [0.4, 0.5) is 5.69 Å². The highest BCUT2D eigenvalue weighted by molar-refractivity contribution is 6.30. The standard InChI is InChI=1S/C20H20ClNO4/c1-20(2)15-11-13(21)6-7-16(15)22(8-9-23)17(20)10-12-4-3-5-14(18(12)24)19(25)26/h3-7,10-11,23-24H,8-9H2,1-2H3,(H,25,26). The van der Waals surface area contributed by atoms with Crippen LogP contribution in [0.25, 0.3) is 6.08 Å². The Morgan fingerprint density at radius 2 is 2.00 bits per heavy atom. The second-order valence-corrected chi connectivity index (χ2v) is 7.18. The smallest absolute Gasteiger partial charge is 0.339 e. The van der Waals surface area contributed by atoms with Gasteiger partial charge >= 0.3 is 5.97 Å². The van der Waals surface area contributed by atoms with Crippen molar-refractivity contribution in [3.63, 3.8) is 0 Å². The molecule has 0 fully saturated rings. The van der Waals surface area contributed by atoms with Crippen molar-refractivity contribution in [3.05, 3.63) is 63.8 Å². The van der Waals surface area contributed by atoms with Gasteiger partial charge in [-0.15, -0.1) is 0 Å². The summed E-state index contributed by atoms with van der Waals surface area (Å²) in [5.41, 5.74) is 2.63. The second kappa shape index (κ2) is 6.67. The van der Waals surface area contributed by atoms with Crippen molar-refractivity contribution in [2.75, 3.05) is 18.1 Å². The van der Waals surface area contributed by atoms with E-state index in [-0.39, 0.29) is 17.9 Å². The summed E-state index contributed by atoms with van der Waals surface area (Å²) in [6, 6.07) is 10.2. The SMILES string of the molecule is CC1(C)C(=Cc2cccc(C(=O)O)c2O)N(CCO)c2ccc(Cl)cc21. The molecule has 5 nitrogen and oxygen atoms in total. The molecule has 0 amide bonds. The highest BCUT2D eigenvalue weighted by Gasteiger charge is 2.40. The highest BCUT2D eigenvalue weighted by atomic mass is 35.5. The Labute approximate surface area is 156 Å². The lowest BCUT2D eigenvalue weighted by Gasteiger charge is -2.27. The summed E-state index contributed by atoms with van der Waals surface area (Å²) in [7, 11) is 0. The van der Waals surface area contributed by atoms with Crippen LogP contribution >= 0.6 is 11.6 Å². The van der Waals surface area contributed by atoms with Crippen LogP contribution in [-0.2, 0) is 5.41 Å². The summed E-state index contributed by atoms with van der Waals surface area (Å²) >= 11 is 6.17. The third-order valence-corrected chi connectivity index (χ3v) is 5.00. The van der Waals surface area contributed by atoms with Gasteiger partial charge in [0.05, 0.1) is 6.61 Å². The summed E-state index contributed by atoms with van der Waals surface area (Å²) in [5.74, 6) is -1.46. The van der Waals surface area contributed by atoms with Gasteiger partial charge in [0.25, 0.3) is 0 Å². The molecule has 0 saturated heterocycles. The molecule has 1 heterocycles. The predicted molar refractivity (Wildman–Crippen MR) is 102 cm³/mol. The number of para-hydroxylation sites is 1. The number of fused-ring (bicyclic) bond motifs is 1. The molecule has 136 valence electrons. The molecular formula is C20H20ClNO4. The Kier molecular flexibility index (Phi) is 4.69. The minimum absolute atomic E-state index is 0.0450. The normalized spacial score (nSPS) is 16.8. The summed E-state index contributed by atoms with van der Waals surface area (Å²) in [6.45, 7) is 4.40. The first-order chi connectivity index (χ1) is 12.3. The monoisotopic (exact) mass is 373 g/mol. The van der Waals surface area contributed by atoms with Gasteiger partial charge in [0.2, 0.25) is 0 Å². The fraction of sp³-hybridized carbons (Fsp3) is 0.250. The van der Waals surface area contributed by atoms with Gasteiger partial charge in [-0.2, -0.15) is 0 Å². The maximum absolute atomic E-state index is 11.3. The number of aromatic hydroxyl groups is 1. The zero-order chi connectivity index (χ0) is 19.1. The average Bonchev–Trinajstić information content (AvgIpc) is 2.77. The lowest BCUT2D eigenvalue weighted by molar-refractivity contribution is 0.0693. The van der Waals surface area contributed by atoms with Gasteiger partial charge in [-0.05, 0) is 35.9 Å². The van der Waals surface area contributed by atoms with E-state index in [9.17, 15) is 20.1 Å². The topological polar surface area (TPSA) is 81.0 Å². The van der Waals surface area contributed by atoms with E-state index in [1.165, 1.54) is 6.07 Å². The Hall–Kier alpha value is -2.50. The van der Waals surface area contributed by atoms with Crippen LogP contribution in [0.2, 0.25) is 5.02 Å². The van der Waals surface area contributed by atoms with Crippen molar-refractivity contribution < 1.29 is 20.1 Å². The van der Waals surface area contributed by atoms with E-state index < -0.39 is 11.4 Å². The van der Waals surface area contributed by atoms with Crippen molar-refractivity contribution in [2.24, 2.45) is 0 Å². The van der Waals surface area contributed by atoms with Gasteiger partial charge in [-0.3, -0.25) is 0 Å². The molecule has 0 bridgehead atoms. The number of carbonyl (C=O) groups is 1. The molecule has 0 aliphatic carbocycles. The number of allylic oxidation sites excluding steroid dienone is 1. The minimum atomic E-state index is -1.18. The Morgan fingerprint density at radius 3 is 2.65 bits per heavy atom. The van der Waals surface area contributed by atoms with Gasteiger partial charge in [0.15, 0.2) is 0 Å². The van der Waals surface area contributed by atoms with Crippen LogP contribution in [0.5, 0.6) is 5.75 Å². The Morgan fingerprint density at radius 1 is 1.27 bits per heavy atom. The molecule has 0 saturated carbocycles. The van der Waals surface area contributed by atoms with Crippen molar-refractivity contribution in [1.29, 1.82) is 0 Å². The number of β-amino-alcohol motifs (C(OH)–C–C–N with tert-alkyl or cyclic N) is 1. The van der Waals surface area contributed by atoms with Crippen LogP contribution in [0.15, 0.2) is 42.1 Å². The number of aliphatic hydroxyl groups excluding tert-OH is 1. The van der Waals surface area contributed by atoms with E-state index in [1.807, 2.05) is 30.9 Å². The van der Waals surface area contributed by atoms with Crippen LogP contribution < -0.4 is 4.90 Å². The number of carboxylic acids is 1. The lowest BCUT2D eigenvalue weighted by atomic mass is 9.83. The third-order valence-electron chi connectivity index (χ3n) is 4.77. The van der Waals surface area contributed by atoms with Gasteiger partial charge in [0, 0.05) is 33.9 Å². The fourth-order valence-electron chi connectivity index (χ4n) is 3.45. The zero-order valence-corrected chi connectivity index (χ0v) is 15.3. The lowest BCUT2D eigenvalue weighted by Crippen LogP contribution is -2.28. The van der Waals surface area contributed by atoms with Crippen molar-refractivity contribution in [1.82, 2.24) is 0 Å². The molecule has 2 aromatic carbocycles. The zero-order valence-electron chi connectivity index (χ0n) is 14.5. The Bertz CT molecular complexity index is 905. The van der Waals surface area contributed by atoms with Gasteiger partial charge < -0.3 is 20.2 Å².